The molecule has 0 heterocycles. The molecule has 0 saturated heterocycles. The Hall–Kier alpha value is -2.88. The van der Waals surface area contributed by atoms with Gasteiger partial charge in [-0.15, -0.1) is 0 Å². The number of carboxylic acids is 1. The standard InChI is InChI=1S/C19H15FO3/c1-23-16-5-2-12(3-6-16)8-13-9-14(10-19(21)22)18-11-15(20)4-7-17(13)18/h2-9,11H,10H2,1H3,(H,21,22)/b13-8+. The quantitative estimate of drug-likeness (QED) is 0.918. The molecular formula is C19H15FO3. The van der Waals surface area contributed by atoms with Gasteiger partial charge in [0.25, 0.3) is 0 Å². The summed E-state index contributed by atoms with van der Waals surface area (Å²) < 4.78 is 18.6. The van der Waals surface area contributed by atoms with E-state index in [1.54, 1.807) is 13.2 Å². The number of carboxylic acid groups (broad SMARTS) is 1. The Morgan fingerprint density at radius 3 is 2.57 bits per heavy atom. The Morgan fingerprint density at radius 1 is 1.17 bits per heavy atom. The summed E-state index contributed by atoms with van der Waals surface area (Å²) in [5.41, 5.74) is 3.95. The van der Waals surface area contributed by atoms with Crippen molar-refractivity contribution in [1.82, 2.24) is 0 Å². The number of carbonyl (C=O) groups is 1. The molecule has 4 heteroatoms. The first-order chi connectivity index (χ1) is 11.1. The van der Waals surface area contributed by atoms with E-state index in [9.17, 15) is 9.18 Å². The molecule has 1 aliphatic rings. The molecule has 0 saturated carbocycles. The van der Waals surface area contributed by atoms with Crippen LogP contribution in [0.25, 0.3) is 17.2 Å². The van der Waals surface area contributed by atoms with E-state index in [2.05, 4.69) is 0 Å². The van der Waals surface area contributed by atoms with Gasteiger partial charge in [0, 0.05) is 0 Å². The van der Waals surface area contributed by atoms with Gasteiger partial charge in [-0.05, 0) is 64.3 Å². The van der Waals surface area contributed by atoms with Gasteiger partial charge in [-0.1, -0.05) is 18.2 Å². The highest BCUT2D eigenvalue weighted by atomic mass is 19.1. The maximum atomic E-state index is 13.5. The molecular weight excluding hydrogens is 295 g/mol. The number of hydrogen-bond acceptors (Lipinski definition) is 2. The minimum absolute atomic E-state index is 0.129. The Kier molecular flexibility index (Phi) is 3.98. The Balaban J connectivity index is 2.03. The monoisotopic (exact) mass is 310 g/mol. The molecule has 0 bridgehead atoms. The molecule has 0 spiro atoms. The van der Waals surface area contributed by atoms with Crippen LogP contribution in [0.2, 0.25) is 0 Å². The van der Waals surface area contributed by atoms with E-state index < -0.39 is 5.97 Å². The SMILES string of the molecule is COc1ccc(/C=C2\C=C(CC(=O)O)c3cc(F)ccc32)cc1. The number of rotatable bonds is 4. The normalized spacial score (nSPS) is 14.5. The fourth-order valence-electron chi connectivity index (χ4n) is 2.69. The lowest BCUT2D eigenvalue weighted by molar-refractivity contribution is -0.135. The van der Waals surface area contributed by atoms with Gasteiger partial charge < -0.3 is 9.84 Å². The third kappa shape index (κ3) is 3.16. The summed E-state index contributed by atoms with van der Waals surface area (Å²) in [7, 11) is 1.61. The molecule has 2 aromatic carbocycles. The molecule has 23 heavy (non-hydrogen) atoms. The molecule has 0 fully saturated rings. The predicted octanol–water partition coefficient (Wildman–Crippen LogP) is 4.25. The zero-order valence-corrected chi connectivity index (χ0v) is 12.5. The molecule has 0 aliphatic heterocycles. The van der Waals surface area contributed by atoms with Crippen molar-refractivity contribution in [2.45, 2.75) is 6.42 Å². The third-order valence-electron chi connectivity index (χ3n) is 3.75. The summed E-state index contributed by atoms with van der Waals surface area (Å²) in [4.78, 5) is 11.0. The second-order valence-corrected chi connectivity index (χ2v) is 5.30. The Bertz CT molecular complexity index is 817. The smallest absolute Gasteiger partial charge is 0.307 e. The number of methoxy groups -OCH3 is 1. The first-order valence-electron chi connectivity index (χ1n) is 7.15. The minimum Gasteiger partial charge on any atom is -0.497 e. The third-order valence-corrected chi connectivity index (χ3v) is 3.75. The van der Waals surface area contributed by atoms with Crippen LogP contribution >= 0.6 is 0 Å². The van der Waals surface area contributed by atoms with Gasteiger partial charge in [0.1, 0.15) is 11.6 Å². The highest BCUT2D eigenvalue weighted by Gasteiger charge is 2.20. The number of aliphatic carboxylic acids is 1. The highest BCUT2D eigenvalue weighted by molar-refractivity contribution is 6.04. The topological polar surface area (TPSA) is 46.5 Å². The summed E-state index contributed by atoms with van der Waals surface area (Å²) in [5.74, 6) is -0.536. The molecule has 2 aromatic rings. The van der Waals surface area contributed by atoms with Crippen LogP contribution in [0.4, 0.5) is 4.39 Å². The first kappa shape index (κ1) is 15.0. The molecule has 3 rings (SSSR count). The van der Waals surface area contributed by atoms with Crippen LogP contribution in [-0.2, 0) is 4.79 Å². The number of ether oxygens (including phenoxy) is 1. The Morgan fingerprint density at radius 2 is 1.91 bits per heavy atom. The number of fused-ring (bicyclic) bond motifs is 1. The van der Waals surface area contributed by atoms with Gasteiger partial charge in [-0.25, -0.2) is 4.39 Å². The van der Waals surface area contributed by atoms with Gasteiger partial charge in [0.15, 0.2) is 0 Å². The molecule has 0 aromatic heterocycles. The lowest BCUT2D eigenvalue weighted by Crippen LogP contribution is -1.96. The van der Waals surface area contributed by atoms with E-state index >= 15 is 0 Å². The van der Waals surface area contributed by atoms with E-state index in [0.717, 1.165) is 22.4 Å². The predicted molar refractivity (Wildman–Crippen MR) is 87.5 cm³/mol. The van der Waals surface area contributed by atoms with Crippen molar-refractivity contribution in [3.05, 3.63) is 71.0 Å². The van der Waals surface area contributed by atoms with Crippen molar-refractivity contribution in [3.8, 4) is 5.75 Å². The van der Waals surface area contributed by atoms with E-state index in [-0.39, 0.29) is 12.2 Å². The summed E-state index contributed by atoms with van der Waals surface area (Å²) >= 11 is 0. The van der Waals surface area contributed by atoms with Gasteiger partial charge >= 0.3 is 5.97 Å². The van der Waals surface area contributed by atoms with Gasteiger partial charge in [-0.3, -0.25) is 4.79 Å². The molecule has 0 unspecified atom stereocenters. The molecule has 1 N–H and O–H groups in total. The van der Waals surface area contributed by atoms with Crippen LogP contribution in [0.15, 0.2) is 48.5 Å². The highest BCUT2D eigenvalue weighted by Crippen LogP contribution is 2.38. The molecule has 0 atom stereocenters. The van der Waals surface area contributed by atoms with E-state index in [1.807, 2.05) is 36.4 Å². The maximum Gasteiger partial charge on any atom is 0.307 e. The first-order valence-corrected chi connectivity index (χ1v) is 7.15. The number of allylic oxidation sites excluding steroid dienone is 2. The number of benzene rings is 2. The summed E-state index contributed by atoms with van der Waals surface area (Å²) in [5, 5.41) is 9.03. The number of hydrogen-bond donors (Lipinski definition) is 1. The molecule has 0 amide bonds. The second-order valence-electron chi connectivity index (χ2n) is 5.30. The zero-order chi connectivity index (χ0) is 16.4. The number of halogens is 1. The van der Waals surface area contributed by atoms with Crippen molar-refractivity contribution in [1.29, 1.82) is 0 Å². The van der Waals surface area contributed by atoms with Crippen LogP contribution in [-0.4, -0.2) is 18.2 Å². The lowest BCUT2D eigenvalue weighted by Gasteiger charge is -2.04. The van der Waals surface area contributed by atoms with E-state index in [1.165, 1.54) is 12.1 Å². The van der Waals surface area contributed by atoms with Crippen molar-refractivity contribution < 1.29 is 19.0 Å². The van der Waals surface area contributed by atoms with Crippen LogP contribution in [0.1, 0.15) is 23.1 Å². The fraction of sp³-hybridized carbons (Fsp3) is 0.105. The van der Waals surface area contributed by atoms with Crippen molar-refractivity contribution in [2.24, 2.45) is 0 Å². The average Bonchev–Trinajstić information content (AvgIpc) is 2.84. The largest absolute Gasteiger partial charge is 0.497 e. The van der Waals surface area contributed by atoms with Gasteiger partial charge in [-0.2, -0.15) is 0 Å². The summed E-state index contributed by atoms with van der Waals surface area (Å²) in [6, 6.07) is 12.0. The van der Waals surface area contributed by atoms with E-state index in [4.69, 9.17) is 9.84 Å². The average molecular weight is 310 g/mol. The molecule has 0 radical (unpaired) electrons. The second kappa shape index (κ2) is 6.08. The zero-order valence-electron chi connectivity index (χ0n) is 12.5. The van der Waals surface area contributed by atoms with E-state index in [0.29, 0.717) is 11.1 Å². The summed E-state index contributed by atoms with van der Waals surface area (Å²) in [6.45, 7) is 0. The maximum absolute atomic E-state index is 13.5. The van der Waals surface area contributed by atoms with Crippen LogP contribution in [0.5, 0.6) is 5.75 Å². The van der Waals surface area contributed by atoms with Crippen LogP contribution in [0, 0.1) is 5.82 Å². The van der Waals surface area contributed by atoms with Crippen molar-refractivity contribution in [3.63, 3.8) is 0 Å². The van der Waals surface area contributed by atoms with Crippen molar-refractivity contribution >= 4 is 23.2 Å². The Labute approximate surface area is 133 Å². The van der Waals surface area contributed by atoms with Crippen LogP contribution < -0.4 is 4.74 Å². The fourth-order valence-corrected chi connectivity index (χ4v) is 2.69. The molecule has 116 valence electrons. The molecule has 3 nitrogen and oxygen atoms in total. The van der Waals surface area contributed by atoms with Crippen molar-refractivity contribution in [2.75, 3.05) is 7.11 Å². The summed E-state index contributed by atoms with van der Waals surface area (Å²) in [6.07, 6.45) is 3.63. The lowest BCUT2D eigenvalue weighted by atomic mass is 10.0. The van der Waals surface area contributed by atoms with Gasteiger partial charge in [0.05, 0.1) is 13.5 Å². The molecule has 1 aliphatic carbocycles. The minimum atomic E-state index is -0.933. The van der Waals surface area contributed by atoms with Crippen LogP contribution in [0.3, 0.4) is 0 Å². The van der Waals surface area contributed by atoms with Gasteiger partial charge in [0.2, 0.25) is 0 Å².